The van der Waals surface area contributed by atoms with Crippen molar-refractivity contribution >= 4 is 5.96 Å². The largest absolute Gasteiger partial charge is 0.340 e. The van der Waals surface area contributed by atoms with Gasteiger partial charge in [-0.25, -0.2) is 5.06 Å². The van der Waals surface area contributed by atoms with Gasteiger partial charge in [0.2, 0.25) is 5.96 Å². The summed E-state index contributed by atoms with van der Waals surface area (Å²) in [6, 6.07) is 9.83. The summed E-state index contributed by atoms with van der Waals surface area (Å²) in [5.74, 6) is 0.0776. The molecule has 0 amide bonds. The predicted octanol–water partition coefficient (Wildman–Crippen LogP) is 1.37. The third kappa shape index (κ3) is 2.74. The summed E-state index contributed by atoms with van der Waals surface area (Å²) >= 11 is 0. The summed E-state index contributed by atoms with van der Waals surface area (Å²) in [4.78, 5) is 1.66. The van der Waals surface area contributed by atoms with E-state index < -0.39 is 0 Å². The van der Waals surface area contributed by atoms with Crippen molar-refractivity contribution in [1.29, 1.82) is 5.41 Å². The summed E-state index contributed by atoms with van der Waals surface area (Å²) < 4.78 is 0. The molecule has 14 heavy (non-hydrogen) atoms. The predicted molar refractivity (Wildman–Crippen MR) is 55.2 cm³/mol. The standard InChI is InChI=1S/C10H15N3O/c1-12(10(11)13(2)14)8-9-6-4-3-5-7-9/h3-7,11,14H,8H2,1-2H3. The Morgan fingerprint density at radius 1 is 1.29 bits per heavy atom. The third-order valence-electron chi connectivity index (χ3n) is 1.93. The first-order valence-electron chi connectivity index (χ1n) is 4.37. The van der Waals surface area contributed by atoms with Gasteiger partial charge >= 0.3 is 0 Å². The highest BCUT2D eigenvalue weighted by Crippen LogP contribution is 2.03. The summed E-state index contributed by atoms with van der Waals surface area (Å²) in [6.07, 6.45) is 0. The Bertz CT molecular complexity index is 297. The van der Waals surface area contributed by atoms with E-state index in [0.717, 1.165) is 10.6 Å². The van der Waals surface area contributed by atoms with Crippen LogP contribution >= 0.6 is 0 Å². The lowest BCUT2D eigenvalue weighted by Gasteiger charge is -2.23. The van der Waals surface area contributed by atoms with Gasteiger partial charge in [0.1, 0.15) is 0 Å². The maximum absolute atomic E-state index is 9.04. The number of hydrogen-bond acceptors (Lipinski definition) is 2. The van der Waals surface area contributed by atoms with Crippen molar-refractivity contribution in [3.8, 4) is 0 Å². The van der Waals surface area contributed by atoms with Crippen LogP contribution in [0.25, 0.3) is 0 Å². The molecule has 4 nitrogen and oxygen atoms in total. The molecule has 0 atom stereocenters. The zero-order valence-electron chi connectivity index (χ0n) is 8.44. The molecular weight excluding hydrogens is 178 g/mol. The molecule has 0 aromatic heterocycles. The van der Waals surface area contributed by atoms with Crippen LogP contribution in [0.5, 0.6) is 0 Å². The van der Waals surface area contributed by atoms with Crippen molar-refractivity contribution in [3.63, 3.8) is 0 Å². The summed E-state index contributed by atoms with van der Waals surface area (Å²) in [5.41, 5.74) is 1.11. The van der Waals surface area contributed by atoms with Gasteiger partial charge in [-0.1, -0.05) is 30.3 Å². The van der Waals surface area contributed by atoms with E-state index in [2.05, 4.69) is 0 Å². The van der Waals surface area contributed by atoms with Gasteiger partial charge in [0, 0.05) is 20.6 Å². The minimum absolute atomic E-state index is 0.0776. The smallest absolute Gasteiger partial charge is 0.217 e. The summed E-state index contributed by atoms with van der Waals surface area (Å²) in [5, 5.41) is 17.3. The lowest BCUT2D eigenvalue weighted by atomic mass is 10.2. The molecule has 0 saturated heterocycles. The van der Waals surface area contributed by atoms with Gasteiger partial charge in [-0.2, -0.15) is 0 Å². The molecule has 4 heteroatoms. The van der Waals surface area contributed by atoms with Crippen LogP contribution in [-0.2, 0) is 6.54 Å². The number of rotatable bonds is 2. The Kier molecular flexibility index (Phi) is 3.48. The first-order chi connectivity index (χ1) is 6.61. The molecule has 0 saturated carbocycles. The van der Waals surface area contributed by atoms with E-state index in [4.69, 9.17) is 10.6 Å². The average Bonchev–Trinajstić information content (AvgIpc) is 2.18. The first-order valence-corrected chi connectivity index (χ1v) is 4.37. The summed E-state index contributed by atoms with van der Waals surface area (Å²) in [6.45, 7) is 0.616. The molecule has 0 bridgehead atoms. The van der Waals surface area contributed by atoms with E-state index in [-0.39, 0.29) is 5.96 Å². The van der Waals surface area contributed by atoms with Crippen molar-refractivity contribution in [2.75, 3.05) is 14.1 Å². The van der Waals surface area contributed by atoms with Gasteiger partial charge in [-0.15, -0.1) is 0 Å². The minimum Gasteiger partial charge on any atom is -0.340 e. The highest BCUT2D eigenvalue weighted by molar-refractivity contribution is 5.75. The number of nitrogens with zero attached hydrogens (tertiary/aromatic N) is 2. The highest BCUT2D eigenvalue weighted by Gasteiger charge is 2.07. The number of benzene rings is 1. The Hall–Kier alpha value is -1.55. The van der Waals surface area contributed by atoms with Crippen LogP contribution in [0.15, 0.2) is 30.3 Å². The molecule has 1 aromatic carbocycles. The Labute approximate surface area is 83.8 Å². The molecule has 0 unspecified atom stereocenters. The number of hydrogen-bond donors (Lipinski definition) is 2. The van der Waals surface area contributed by atoms with E-state index in [1.165, 1.54) is 7.05 Å². The van der Waals surface area contributed by atoms with Crippen LogP contribution in [0, 0.1) is 5.41 Å². The van der Waals surface area contributed by atoms with Gasteiger partial charge in [0.05, 0.1) is 0 Å². The fourth-order valence-electron chi connectivity index (χ4n) is 1.18. The second-order valence-electron chi connectivity index (χ2n) is 3.19. The quantitative estimate of drug-likeness (QED) is 0.424. The first kappa shape index (κ1) is 10.5. The second kappa shape index (κ2) is 4.62. The van der Waals surface area contributed by atoms with Crippen molar-refractivity contribution in [2.45, 2.75) is 6.54 Å². The number of guanidine groups is 1. The van der Waals surface area contributed by atoms with Crippen molar-refractivity contribution in [1.82, 2.24) is 9.96 Å². The molecule has 0 heterocycles. The zero-order chi connectivity index (χ0) is 10.6. The second-order valence-corrected chi connectivity index (χ2v) is 3.19. The van der Waals surface area contributed by atoms with Crippen LogP contribution in [0.2, 0.25) is 0 Å². The molecule has 0 aliphatic heterocycles. The molecule has 0 aliphatic carbocycles. The summed E-state index contributed by atoms with van der Waals surface area (Å²) in [7, 11) is 3.20. The number of hydroxylamine groups is 2. The lowest BCUT2D eigenvalue weighted by molar-refractivity contribution is -0.00149. The molecule has 76 valence electrons. The molecule has 1 aromatic rings. The lowest BCUT2D eigenvalue weighted by Crippen LogP contribution is -2.36. The Balaban J connectivity index is 2.57. The van der Waals surface area contributed by atoms with Crippen LogP contribution in [0.1, 0.15) is 5.56 Å². The van der Waals surface area contributed by atoms with Crippen molar-refractivity contribution in [2.24, 2.45) is 0 Å². The van der Waals surface area contributed by atoms with Gasteiger partial charge in [-0.3, -0.25) is 10.6 Å². The molecule has 1 rings (SSSR count). The van der Waals surface area contributed by atoms with E-state index in [1.807, 2.05) is 30.3 Å². The normalized spacial score (nSPS) is 9.64. The Morgan fingerprint density at radius 3 is 2.36 bits per heavy atom. The fraction of sp³-hybridized carbons (Fsp3) is 0.300. The van der Waals surface area contributed by atoms with Crippen LogP contribution in [0.4, 0.5) is 0 Å². The molecule has 2 N–H and O–H groups in total. The molecular formula is C10H15N3O. The van der Waals surface area contributed by atoms with Gasteiger partial charge in [-0.05, 0) is 5.56 Å². The molecule has 0 radical (unpaired) electrons. The van der Waals surface area contributed by atoms with Crippen molar-refractivity contribution < 1.29 is 5.21 Å². The molecule has 0 fully saturated rings. The van der Waals surface area contributed by atoms with Gasteiger partial charge in [0.15, 0.2) is 0 Å². The maximum atomic E-state index is 9.04. The molecule has 0 aliphatic rings. The average molecular weight is 193 g/mol. The monoisotopic (exact) mass is 193 g/mol. The van der Waals surface area contributed by atoms with Crippen LogP contribution in [0.3, 0.4) is 0 Å². The van der Waals surface area contributed by atoms with E-state index in [9.17, 15) is 0 Å². The Morgan fingerprint density at radius 2 is 1.86 bits per heavy atom. The number of nitrogens with one attached hydrogen (secondary N) is 1. The van der Waals surface area contributed by atoms with E-state index in [0.29, 0.717) is 6.54 Å². The van der Waals surface area contributed by atoms with Crippen LogP contribution in [-0.4, -0.2) is 35.2 Å². The van der Waals surface area contributed by atoms with Crippen LogP contribution < -0.4 is 0 Å². The maximum Gasteiger partial charge on any atom is 0.217 e. The van der Waals surface area contributed by atoms with Gasteiger partial charge < -0.3 is 4.90 Å². The molecule has 0 spiro atoms. The SMILES string of the molecule is CN(O)C(=N)N(C)Cc1ccccc1. The fourth-order valence-corrected chi connectivity index (χ4v) is 1.18. The van der Waals surface area contributed by atoms with Crippen molar-refractivity contribution in [3.05, 3.63) is 35.9 Å². The highest BCUT2D eigenvalue weighted by atomic mass is 16.5. The minimum atomic E-state index is 0.0776. The topological polar surface area (TPSA) is 50.6 Å². The third-order valence-corrected chi connectivity index (χ3v) is 1.93. The zero-order valence-corrected chi connectivity index (χ0v) is 8.44. The van der Waals surface area contributed by atoms with Gasteiger partial charge in [0.25, 0.3) is 0 Å². The van der Waals surface area contributed by atoms with E-state index >= 15 is 0 Å². The van der Waals surface area contributed by atoms with E-state index in [1.54, 1.807) is 11.9 Å².